The van der Waals surface area contributed by atoms with Crippen LogP contribution in [0.4, 0.5) is 21.8 Å². The summed E-state index contributed by atoms with van der Waals surface area (Å²) in [6.07, 6.45) is 1.56. The van der Waals surface area contributed by atoms with Gasteiger partial charge in [0, 0.05) is 10.7 Å². The fraction of sp³-hybridized carbons (Fsp3) is 0. The zero-order valence-corrected chi connectivity index (χ0v) is 10.2. The average Bonchev–Trinajstić information content (AvgIpc) is 2.33. The van der Waals surface area contributed by atoms with Crippen molar-refractivity contribution in [3.8, 4) is 0 Å². The zero-order valence-electron chi connectivity index (χ0n) is 8.61. The highest BCUT2D eigenvalue weighted by Crippen LogP contribution is 2.25. The van der Waals surface area contributed by atoms with Crippen molar-refractivity contribution in [1.82, 2.24) is 9.97 Å². The second-order valence-electron chi connectivity index (χ2n) is 3.16. The minimum atomic E-state index is -0.311. The first-order chi connectivity index (χ1) is 8.19. The lowest BCUT2D eigenvalue weighted by atomic mass is 10.3. The monoisotopic (exact) mass is 297 g/mol. The molecule has 0 unspecified atom stereocenters. The van der Waals surface area contributed by atoms with E-state index >= 15 is 0 Å². The van der Waals surface area contributed by atoms with Crippen molar-refractivity contribution in [2.45, 2.75) is 0 Å². The highest BCUT2D eigenvalue weighted by molar-refractivity contribution is 9.10. The first-order valence-corrected chi connectivity index (χ1v) is 5.50. The highest BCUT2D eigenvalue weighted by Gasteiger charge is 2.03. The van der Waals surface area contributed by atoms with E-state index in [-0.39, 0.29) is 5.82 Å². The van der Waals surface area contributed by atoms with Crippen molar-refractivity contribution in [1.29, 1.82) is 0 Å². The van der Waals surface area contributed by atoms with E-state index in [9.17, 15) is 4.39 Å². The Morgan fingerprint density at radius 2 is 2.12 bits per heavy atom. The zero-order chi connectivity index (χ0) is 12.3. The number of rotatable bonds is 3. The van der Waals surface area contributed by atoms with E-state index in [0.29, 0.717) is 21.9 Å². The van der Waals surface area contributed by atoms with E-state index in [1.165, 1.54) is 12.1 Å². The van der Waals surface area contributed by atoms with E-state index < -0.39 is 0 Å². The maximum atomic E-state index is 12.9. The predicted octanol–water partition coefficient (Wildman–Crippen LogP) is 2.41. The summed E-state index contributed by atoms with van der Waals surface area (Å²) in [6, 6.07) is 6.01. The van der Waals surface area contributed by atoms with Gasteiger partial charge in [-0.2, -0.15) is 4.98 Å². The second kappa shape index (κ2) is 5.07. The van der Waals surface area contributed by atoms with Gasteiger partial charge in [0.1, 0.15) is 11.6 Å². The van der Waals surface area contributed by atoms with Gasteiger partial charge in [0.05, 0.1) is 5.69 Å². The molecule has 0 aliphatic carbocycles. The molecule has 5 nitrogen and oxygen atoms in total. The Bertz CT molecular complexity index is 534. The molecule has 2 rings (SSSR count). The van der Waals surface area contributed by atoms with Crippen molar-refractivity contribution in [2.24, 2.45) is 5.84 Å². The van der Waals surface area contributed by atoms with Crippen molar-refractivity contribution in [2.75, 3.05) is 10.7 Å². The van der Waals surface area contributed by atoms with Crippen molar-refractivity contribution in [3.63, 3.8) is 0 Å². The number of benzene rings is 1. The fourth-order valence-electron chi connectivity index (χ4n) is 1.23. The van der Waals surface area contributed by atoms with E-state index in [2.05, 4.69) is 36.6 Å². The van der Waals surface area contributed by atoms with E-state index in [4.69, 9.17) is 5.84 Å². The number of hydrogen-bond acceptors (Lipinski definition) is 5. The first kappa shape index (κ1) is 11.7. The number of hydrazine groups is 1. The van der Waals surface area contributed by atoms with Crippen LogP contribution in [0.3, 0.4) is 0 Å². The summed E-state index contributed by atoms with van der Waals surface area (Å²) in [5.74, 6) is 5.74. The van der Waals surface area contributed by atoms with Gasteiger partial charge in [0.2, 0.25) is 5.95 Å². The van der Waals surface area contributed by atoms with Crippen LogP contribution in [0, 0.1) is 5.82 Å². The maximum Gasteiger partial charge on any atom is 0.239 e. The highest BCUT2D eigenvalue weighted by atomic mass is 79.9. The minimum Gasteiger partial charge on any atom is -0.339 e. The Hall–Kier alpha value is -1.73. The Labute approximate surface area is 105 Å². The molecule has 4 N–H and O–H groups in total. The number of halogens is 2. The van der Waals surface area contributed by atoms with Gasteiger partial charge in [-0.25, -0.2) is 15.2 Å². The van der Waals surface area contributed by atoms with Gasteiger partial charge < -0.3 is 5.32 Å². The van der Waals surface area contributed by atoms with Crippen LogP contribution >= 0.6 is 15.9 Å². The van der Waals surface area contributed by atoms with Gasteiger partial charge in [0.25, 0.3) is 0 Å². The maximum absolute atomic E-state index is 12.9. The topological polar surface area (TPSA) is 75.9 Å². The third-order valence-corrected chi connectivity index (χ3v) is 2.63. The molecule has 0 spiro atoms. The number of nitrogens with two attached hydrogens (primary N) is 1. The van der Waals surface area contributed by atoms with Crippen LogP contribution in [0.5, 0.6) is 0 Å². The van der Waals surface area contributed by atoms with Gasteiger partial charge in [-0.15, -0.1) is 0 Å². The third-order valence-electron chi connectivity index (χ3n) is 1.98. The SMILES string of the molecule is NNc1nccc(Nc2ccc(F)cc2Br)n1. The molecule has 88 valence electrons. The number of hydrogen-bond donors (Lipinski definition) is 3. The average molecular weight is 298 g/mol. The molecule has 0 bridgehead atoms. The molecular weight excluding hydrogens is 289 g/mol. The number of aromatic nitrogens is 2. The molecule has 0 aliphatic heterocycles. The molecule has 1 aromatic heterocycles. The minimum absolute atomic E-state index is 0.299. The lowest BCUT2D eigenvalue weighted by Crippen LogP contribution is -2.10. The van der Waals surface area contributed by atoms with Crippen molar-refractivity contribution in [3.05, 3.63) is 40.8 Å². The molecule has 17 heavy (non-hydrogen) atoms. The summed E-state index contributed by atoms with van der Waals surface area (Å²) < 4.78 is 13.5. The largest absolute Gasteiger partial charge is 0.339 e. The lowest BCUT2D eigenvalue weighted by Gasteiger charge is -2.08. The Balaban J connectivity index is 2.25. The molecule has 2 aromatic rings. The summed E-state index contributed by atoms with van der Waals surface area (Å²) in [7, 11) is 0. The quantitative estimate of drug-likeness (QED) is 0.599. The molecule has 0 aliphatic rings. The molecule has 0 radical (unpaired) electrons. The molecule has 0 saturated heterocycles. The van der Waals surface area contributed by atoms with Crippen molar-refractivity contribution >= 4 is 33.4 Å². The van der Waals surface area contributed by atoms with E-state index in [1.54, 1.807) is 18.3 Å². The normalized spacial score (nSPS) is 10.1. The van der Waals surface area contributed by atoms with Crippen LogP contribution in [0.2, 0.25) is 0 Å². The van der Waals surface area contributed by atoms with Crippen LogP contribution in [0.25, 0.3) is 0 Å². The number of anilines is 3. The summed E-state index contributed by atoms with van der Waals surface area (Å²) in [4.78, 5) is 7.95. The molecule has 0 amide bonds. The van der Waals surface area contributed by atoms with Gasteiger partial charge in [0.15, 0.2) is 0 Å². The fourth-order valence-corrected chi connectivity index (χ4v) is 1.68. The van der Waals surface area contributed by atoms with Gasteiger partial charge in [-0.05, 0) is 40.2 Å². The van der Waals surface area contributed by atoms with E-state index in [0.717, 1.165) is 0 Å². The Morgan fingerprint density at radius 1 is 1.29 bits per heavy atom. The van der Waals surface area contributed by atoms with Crippen LogP contribution < -0.4 is 16.6 Å². The molecule has 7 heteroatoms. The van der Waals surface area contributed by atoms with Gasteiger partial charge in [-0.1, -0.05) is 0 Å². The standard InChI is InChI=1S/C10H9BrFN5/c11-7-5-6(12)1-2-8(7)15-9-3-4-14-10(16-9)17-13/h1-5H,13H2,(H2,14,15,16,17). The molecule has 0 saturated carbocycles. The van der Waals surface area contributed by atoms with Crippen molar-refractivity contribution < 1.29 is 4.39 Å². The molecule has 1 heterocycles. The molecule has 0 atom stereocenters. The lowest BCUT2D eigenvalue weighted by molar-refractivity contribution is 0.627. The smallest absolute Gasteiger partial charge is 0.239 e. The van der Waals surface area contributed by atoms with Crippen LogP contribution in [-0.2, 0) is 0 Å². The molecule has 1 aromatic carbocycles. The summed E-state index contributed by atoms with van der Waals surface area (Å²) in [5, 5.41) is 3.01. The second-order valence-corrected chi connectivity index (χ2v) is 4.01. The molecule has 0 fully saturated rings. The first-order valence-electron chi connectivity index (χ1n) is 4.71. The Morgan fingerprint density at radius 3 is 2.82 bits per heavy atom. The number of nitrogens with zero attached hydrogens (tertiary/aromatic N) is 2. The Kier molecular flexibility index (Phi) is 3.50. The van der Waals surface area contributed by atoms with Gasteiger partial charge in [-0.3, -0.25) is 5.43 Å². The predicted molar refractivity (Wildman–Crippen MR) is 67.2 cm³/mol. The third kappa shape index (κ3) is 2.89. The number of nitrogen functional groups attached to an aromatic ring is 1. The van der Waals surface area contributed by atoms with Gasteiger partial charge >= 0.3 is 0 Å². The summed E-state index contributed by atoms with van der Waals surface area (Å²) in [5.41, 5.74) is 3.04. The van der Waals surface area contributed by atoms with Crippen LogP contribution in [0.1, 0.15) is 0 Å². The van der Waals surface area contributed by atoms with E-state index in [1.807, 2.05) is 0 Å². The van der Waals surface area contributed by atoms with Crippen LogP contribution in [0.15, 0.2) is 34.9 Å². The number of nitrogens with one attached hydrogen (secondary N) is 2. The summed E-state index contributed by atoms with van der Waals surface area (Å²) in [6.45, 7) is 0. The van der Waals surface area contributed by atoms with Crippen LogP contribution in [-0.4, -0.2) is 9.97 Å². The summed E-state index contributed by atoms with van der Waals surface area (Å²) >= 11 is 3.25. The molecular formula is C10H9BrFN5.